The molecule has 0 radical (unpaired) electrons. The van der Waals surface area contributed by atoms with E-state index < -0.39 is 10.0 Å². The molecule has 8 nitrogen and oxygen atoms in total. The van der Waals surface area contributed by atoms with Crippen molar-refractivity contribution >= 4 is 33.2 Å². The summed E-state index contributed by atoms with van der Waals surface area (Å²) in [6, 6.07) is 12.6. The molecule has 0 bridgehead atoms. The van der Waals surface area contributed by atoms with E-state index in [9.17, 15) is 18.0 Å². The first-order valence-electron chi connectivity index (χ1n) is 10.6. The molecule has 0 spiro atoms. The molecule has 2 aromatic carbocycles. The van der Waals surface area contributed by atoms with E-state index in [1.165, 1.54) is 10.6 Å². The minimum Gasteiger partial charge on any atom is -0.497 e. The number of piperidine rings is 1. The Morgan fingerprint density at radius 1 is 1.03 bits per heavy atom. The molecule has 0 aliphatic carbocycles. The van der Waals surface area contributed by atoms with Gasteiger partial charge in [0.25, 0.3) is 5.91 Å². The summed E-state index contributed by atoms with van der Waals surface area (Å²) in [5.74, 6) is 0.237. The van der Waals surface area contributed by atoms with Crippen LogP contribution in [-0.2, 0) is 21.2 Å². The number of carbonyl (C=O) groups is 2. The number of nitrogens with zero attached hydrogens (tertiary/aromatic N) is 2. The number of ether oxygens (including phenoxy) is 1. The van der Waals surface area contributed by atoms with Crippen molar-refractivity contribution in [2.75, 3.05) is 43.2 Å². The van der Waals surface area contributed by atoms with Crippen LogP contribution in [0.25, 0.3) is 0 Å². The number of methoxy groups -OCH3 is 1. The zero-order valence-electron chi connectivity index (χ0n) is 18.2. The summed E-state index contributed by atoms with van der Waals surface area (Å²) in [4.78, 5) is 27.5. The smallest absolute Gasteiger partial charge is 0.258 e. The van der Waals surface area contributed by atoms with Gasteiger partial charge >= 0.3 is 0 Å². The quantitative estimate of drug-likeness (QED) is 0.744. The highest BCUT2D eigenvalue weighted by Gasteiger charge is 2.30. The summed E-state index contributed by atoms with van der Waals surface area (Å²) in [5, 5.41) is 2.95. The molecule has 1 saturated heterocycles. The standard InChI is InChI=1S/C23H27N3O5S/c1-31-20-7-4-18(5-8-20)23(28)26-14-11-16-3-6-19(15-21(16)26)24-22(27)17-9-12-25(13-10-17)32(2,29)30/h3-8,15,17H,9-14H2,1-2H3,(H,24,27). The van der Waals surface area contributed by atoms with Crippen LogP contribution in [0.1, 0.15) is 28.8 Å². The van der Waals surface area contributed by atoms with Crippen molar-refractivity contribution in [1.29, 1.82) is 0 Å². The third-order valence-electron chi connectivity index (χ3n) is 6.12. The Kier molecular flexibility index (Phi) is 6.21. The van der Waals surface area contributed by atoms with Gasteiger partial charge in [-0.1, -0.05) is 6.07 Å². The maximum absolute atomic E-state index is 13.0. The molecule has 1 N–H and O–H groups in total. The van der Waals surface area contributed by atoms with Crippen molar-refractivity contribution in [3.63, 3.8) is 0 Å². The molecular formula is C23H27N3O5S. The zero-order chi connectivity index (χ0) is 22.9. The monoisotopic (exact) mass is 457 g/mol. The SMILES string of the molecule is COc1ccc(C(=O)N2CCc3ccc(NC(=O)C4CCN(S(C)(=O)=O)CC4)cc32)cc1. The molecule has 2 heterocycles. The first kappa shape index (κ1) is 22.3. The number of benzene rings is 2. The number of rotatable bonds is 5. The number of fused-ring (bicyclic) bond motifs is 1. The minimum atomic E-state index is -3.22. The maximum Gasteiger partial charge on any atom is 0.258 e. The Hall–Kier alpha value is -2.91. The Bertz CT molecular complexity index is 1120. The molecule has 4 rings (SSSR count). The lowest BCUT2D eigenvalue weighted by atomic mass is 9.97. The van der Waals surface area contributed by atoms with E-state index in [1.807, 2.05) is 18.2 Å². The Labute approximate surface area is 188 Å². The second-order valence-corrected chi connectivity index (χ2v) is 10.2. The lowest BCUT2D eigenvalue weighted by Crippen LogP contribution is -2.40. The molecule has 0 unspecified atom stereocenters. The largest absolute Gasteiger partial charge is 0.497 e. The Morgan fingerprint density at radius 3 is 2.34 bits per heavy atom. The van der Waals surface area contributed by atoms with E-state index in [-0.39, 0.29) is 17.7 Å². The van der Waals surface area contributed by atoms with Crippen LogP contribution in [0.15, 0.2) is 42.5 Å². The van der Waals surface area contributed by atoms with Crippen LogP contribution in [-0.4, -0.2) is 57.5 Å². The van der Waals surface area contributed by atoms with Gasteiger partial charge < -0.3 is 15.0 Å². The molecule has 2 aliphatic heterocycles. The molecule has 2 aromatic rings. The minimum absolute atomic E-state index is 0.0944. The molecule has 0 aromatic heterocycles. The zero-order valence-corrected chi connectivity index (χ0v) is 19.0. The van der Waals surface area contributed by atoms with Crippen LogP contribution in [0, 0.1) is 5.92 Å². The third-order valence-corrected chi connectivity index (χ3v) is 7.43. The van der Waals surface area contributed by atoms with Crippen LogP contribution >= 0.6 is 0 Å². The summed E-state index contributed by atoms with van der Waals surface area (Å²) in [6.07, 6.45) is 2.93. The second-order valence-electron chi connectivity index (χ2n) is 8.20. The van der Waals surface area contributed by atoms with Gasteiger partial charge in [-0.15, -0.1) is 0 Å². The van der Waals surface area contributed by atoms with Crippen LogP contribution in [0.4, 0.5) is 11.4 Å². The van der Waals surface area contributed by atoms with Gasteiger partial charge in [0.1, 0.15) is 5.75 Å². The first-order valence-corrected chi connectivity index (χ1v) is 12.5. The predicted octanol–water partition coefficient (Wildman–Crippen LogP) is 2.51. The summed E-state index contributed by atoms with van der Waals surface area (Å²) in [6.45, 7) is 1.29. The molecular weight excluding hydrogens is 430 g/mol. The highest BCUT2D eigenvalue weighted by molar-refractivity contribution is 7.88. The fourth-order valence-electron chi connectivity index (χ4n) is 4.25. The van der Waals surface area contributed by atoms with Crippen molar-refractivity contribution in [3.05, 3.63) is 53.6 Å². The Balaban J connectivity index is 1.44. The molecule has 9 heteroatoms. The summed E-state index contributed by atoms with van der Waals surface area (Å²) >= 11 is 0. The summed E-state index contributed by atoms with van der Waals surface area (Å²) in [7, 11) is -1.64. The number of hydrogen-bond donors (Lipinski definition) is 1. The Morgan fingerprint density at radius 2 is 1.72 bits per heavy atom. The van der Waals surface area contributed by atoms with Crippen molar-refractivity contribution in [3.8, 4) is 5.75 Å². The molecule has 170 valence electrons. The number of carbonyl (C=O) groups excluding carboxylic acids is 2. The fourth-order valence-corrected chi connectivity index (χ4v) is 5.13. The number of nitrogens with one attached hydrogen (secondary N) is 1. The van der Waals surface area contributed by atoms with E-state index in [2.05, 4.69) is 5.32 Å². The molecule has 2 aliphatic rings. The van der Waals surface area contributed by atoms with Gasteiger partial charge in [-0.05, 0) is 61.2 Å². The van der Waals surface area contributed by atoms with Gasteiger partial charge in [-0.2, -0.15) is 0 Å². The summed E-state index contributed by atoms with van der Waals surface area (Å²) < 4.78 is 29.9. The third kappa shape index (κ3) is 4.63. The molecule has 2 amide bonds. The van der Waals surface area contributed by atoms with Gasteiger partial charge in [0, 0.05) is 42.5 Å². The highest BCUT2D eigenvalue weighted by Crippen LogP contribution is 2.33. The fraction of sp³-hybridized carbons (Fsp3) is 0.391. The number of hydrogen-bond acceptors (Lipinski definition) is 5. The van der Waals surface area contributed by atoms with Gasteiger partial charge in [0.15, 0.2) is 0 Å². The lowest BCUT2D eigenvalue weighted by molar-refractivity contribution is -0.120. The molecule has 0 saturated carbocycles. The van der Waals surface area contributed by atoms with Gasteiger partial charge in [0.2, 0.25) is 15.9 Å². The predicted molar refractivity (Wildman–Crippen MR) is 123 cm³/mol. The van der Waals surface area contributed by atoms with Crippen molar-refractivity contribution < 1.29 is 22.7 Å². The number of amides is 2. The van der Waals surface area contributed by atoms with Crippen molar-refractivity contribution in [2.24, 2.45) is 5.92 Å². The second kappa shape index (κ2) is 8.91. The van der Waals surface area contributed by atoms with Gasteiger partial charge in [-0.25, -0.2) is 12.7 Å². The average molecular weight is 458 g/mol. The van der Waals surface area contributed by atoms with E-state index in [0.29, 0.717) is 49.5 Å². The molecule has 1 fully saturated rings. The topological polar surface area (TPSA) is 96.0 Å². The van der Waals surface area contributed by atoms with Crippen molar-refractivity contribution in [2.45, 2.75) is 19.3 Å². The molecule has 0 atom stereocenters. The lowest BCUT2D eigenvalue weighted by Gasteiger charge is -2.29. The summed E-state index contributed by atoms with van der Waals surface area (Å²) in [5.41, 5.74) is 3.07. The first-order chi connectivity index (χ1) is 15.3. The van der Waals surface area contributed by atoms with Crippen molar-refractivity contribution in [1.82, 2.24) is 4.31 Å². The van der Waals surface area contributed by atoms with E-state index >= 15 is 0 Å². The highest BCUT2D eigenvalue weighted by atomic mass is 32.2. The van der Waals surface area contributed by atoms with E-state index in [1.54, 1.807) is 36.3 Å². The maximum atomic E-state index is 13.0. The number of sulfonamides is 1. The van der Waals surface area contributed by atoms with E-state index in [4.69, 9.17) is 4.74 Å². The molecule has 32 heavy (non-hydrogen) atoms. The van der Waals surface area contributed by atoms with Crippen LogP contribution in [0.2, 0.25) is 0 Å². The average Bonchev–Trinajstić information content (AvgIpc) is 3.21. The van der Waals surface area contributed by atoms with Crippen LogP contribution in [0.3, 0.4) is 0 Å². The normalized spacial score (nSPS) is 17.1. The van der Waals surface area contributed by atoms with Crippen LogP contribution < -0.4 is 15.0 Å². The van der Waals surface area contributed by atoms with Crippen LogP contribution in [0.5, 0.6) is 5.75 Å². The van der Waals surface area contributed by atoms with Gasteiger partial charge in [-0.3, -0.25) is 9.59 Å². The van der Waals surface area contributed by atoms with E-state index in [0.717, 1.165) is 17.7 Å². The van der Waals surface area contributed by atoms with Gasteiger partial charge in [0.05, 0.1) is 13.4 Å². The number of anilines is 2.